The van der Waals surface area contributed by atoms with Gasteiger partial charge in [0.25, 0.3) is 0 Å². The normalized spacial score (nSPS) is 17.2. The van der Waals surface area contributed by atoms with Gasteiger partial charge in [0, 0.05) is 30.3 Å². The molecule has 0 spiro atoms. The predicted octanol–water partition coefficient (Wildman–Crippen LogP) is 4.49. The Morgan fingerprint density at radius 2 is 2.15 bits per heavy atom. The van der Waals surface area contributed by atoms with E-state index in [0.717, 1.165) is 38.2 Å². The Hall–Kier alpha value is -1.69. The number of hydrogen-bond acceptors (Lipinski definition) is 4. The average molecular weight is 373 g/mol. The summed E-state index contributed by atoms with van der Waals surface area (Å²) < 4.78 is 5.78. The number of amides is 1. The second kappa shape index (κ2) is 9.31. The molecule has 0 unspecified atom stereocenters. The van der Waals surface area contributed by atoms with Gasteiger partial charge in [0.1, 0.15) is 0 Å². The number of nitrogens with one attached hydrogen (secondary N) is 1. The van der Waals surface area contributed by atoms with Gasteiger partial charge in [-0.25, -0.2) is 0 Å². The Kier molecular flexibility index (Phi) is 6.83. The van der Waals surface area contributed by atoms with E-state index in [-0.39, 0.29) is 12.0 Å². The molecule has 1 fully saturated rings. The zero-order valence-corrected chi connectivity index (χ0v) is 16.4. The van der Waals surface area contributed by atoms with Crippen molar-refractivity contribution in [1.29, 1.82) is 0 Å². The third-order valence-corrected chi connectivity index (χ3v) is 5.53. The van der Waals surface area contributed by atoms with Gasteiger partial charge in [-0.05, 0) is 41.8 Å². The molecule has 1 aromatic carbocycles. The molecule has 1 amide bonds. The first kappa shape index (κ1) is 19.1. The van der Waals surface area contributed by atoms with Gasteiger partial charge in [-0.2, -0.15) is 0 Å². The molecule has 26 heavy (non-hydrogen) atoms. The molecule has 1 aliphatic rings. The first-order valence-electron chi connectivity index (χ1n) is 9.37. The molecule has 1 aromatic heterocycles. The van der Waals surface area contributed by atoms with Crippen LogP contribution < -0.4 is 5.32 Å². The number of hydrogen-bond donors (Lipinski definition) is 1. The van der Waals surface area contributed by atoms with E-state index in [2.05, 4.69) is 47.6 Å². The highest BCUT2D eigenvalue weighted by Gasteiger charge is 2.21. The Balaban J connectivity index is 1.64. The number of anilines is 1. The molecule has 140 valence electrons. The molecule has 2 aromatic rings. The van der Waals surface area contributed by atoms with Crippen LogP contribution in [0.5, 0.6) is 0 Å². The first-order valence-corrected chi connectivity index (χ1v) is 10.2. The summed E-state index contributed by atoms with van der Waals surface area (Å²) in [6, 6.07) is 12.2. The van der Waals surface area contributed by atoms with Crippen molar-refractivity contribution in [2.45, 2.75) is 45.3 Å². The van der Waals surface area contributed by atoms with Crippen molar-refractivity contribution in [1.82, 2.24) is 4.90 Å². The lowest BCUT2D eigenvalue weighted by atomic mass is 10.0. The van der Waals surface area contributed by atoms with Crippen LogP contribution >= 0.6 is 11.3 Å². The highest BCUT2D eigenvalue weighted by molar-refractivity contribution is 7.09. The number of para-hydroxylation sites is 1. The first-order chi connectivity index (χ1) is 12.6. The van der Waals surface area contributed by atoms with Crippen LogP contribution in [0, 0.1) is 0 Å². The number of carbonyl (C=O) groups excluding carboxylic acids is 1. The van der Waals surface area contributed by atoms with Crippen molar-refractivity contribution in [3.63, 3.8) is 0 Å². The Morgan fingerprint density at radius 3 is 2.85 bits per heavy atom. The lowest BCUT2D eigenvalue weighted by molar-refractivity contribution is -0.117. The third-order valence-electron chi connectivity index (χ3n) is 4.67. The number of nitrogens with zero attached hydrogens (tertiary/aromatic N) is 1. The number of ether oxygens (including phenoxy) is 1. The fraction of sp³-hybridized carbons (Fsp3) is 0.476. The fourth-order valence-corrected chi connectivity index (χ4v) is 4.14. The summed E-state index contributed by atoms with van der Waals surface area (Å²) in [6.07, 6.45) is 2.44. The smallest absolute Gasteiger partial charge is 0.238 e. The zero-order chi connectivity index (χ0) is 18.4. The highest BCUT2D eigenvalue weighted by Crippen LogP contribution is 2.24. The number of benzene rings is 1. The van der Waals surface area contributed by atoms with E-state index in [4.69, 9.17) is 4.74 Å². The third kappa shape index (κ3) is 5.40. The van der Waals surface area contributed by atoms with Crippen molar-refractivity contribution in [2.75, 3.05) is 25.0 Å². The summed E-state index contributed by atoms with van der Waals surface area (Å²) in [5.74, 6) is 0.410. The monoisotopic (exact) mass is 372 g/mol. The van der Waals surface area contributed by atoms with Crippen LogP contribution in [0.2, 0.25) is 0 Å². The maximum atomic E-state index is 12.7. The number of rotatable bonds is 8. The van der Waals surface area contributed by atoms with Crippen molar-refractivity contribution < 1.29 is 9.53 Å². The summed E-state index contributed by atoms with van der Waals surface area (Å²) in [5, 5.41) is 5.19. The molecule has 5 heteroatoms. The van der Waals surface area contributed by atoms with Crippen LogP contribution in [-0.4, -0.2) is 36.6 Å². The second-order valence-electron chi connectivity index (χ2n) is 7.17. The molecule has 0 bridgehead atoms. The maximum Gasteiger partial charge on any atom is 0.238 e. The fourth-order valence-electron chi connectivity index (χ4n) is 3.39. The predicted molar refractivity (Wildman–Crippen MR) is 108 cm³/mol. The average Bonchev–Trinajstić information content (AvgIpc) is 3.29. The van der Waals surface area contributed by atoms with E-state index in [1.54, 1.807) is 11.3 Å². The van der Waals surface area contributed by atoms with E-state index in [1.807, 2.05) is 18.2 Å². The van der Waals surface area contributed by atoms with Gasteiger partial charge in [-0.15, -0.1) is 11.3 Å². The topological polar surface area (TPSA) is 41.6 Å². The molecular formula is C21H28N2O2S. The Morgan fingerprint density at radius 1 is 1.31 bits per heavy atom. The van der Waals surface area contributed by atoms with Crippen LogP contribution in [0.3, 0.4) is 0 Å². The molecule has 0 aliphatic carbocycles. The van der Waals surface area contributed by atoms with Gasteiger partial charge in [0.05, 0.1) is 12.6 Å². The van der Waals surface area contributed by atoms with E-state index in [9.17, 15) is 4.79 Å². The van der Waals surface area contributed by atoms with E-state index >= 15 is 0 Å². The quantitative estimate of drug-likeness (QED) is 0.742. The van der Waals surface area contributed by atoms with Crippen LogP contribution in [0.25, 0.3) is 0 Å². The second-order valence-corrected chi connectivity index (χ2v) is 8.21. The molecule has 3 rings (SSSR count). The summed E-state index contributed by atoms with van der Waals surface area (Å²) in [7, 11) is 0. The number of thiophene rings is 1. The summed E-state index contributed by atoms with van der Waals surface area (Å²) >= 11 is 1.73. The van der Waals surface area contributed by atoms with Gasteiger partial charge in [0.2, 0.25) is 5.91 Å². The Labute approximate surface area is 160 Å². The van der Waals surface area contributed by atoms with Crippen LogP contribution in [0.4, 0.5) is 5.69 Å². The molecule has 1 aliphatic heterocycles. The largest absolute Gasteiger partial charge is 0.377 e. The van der Waals surface area contributed by atoms with Crippen molar-refractivity contribution >= 4 is 22.9 Å². The van der Waals surface area contributed by atoms with Gasteiger partial charge in [-0.3, -0.25) is 9.69 Å². The molecule has 1 N–H and O–H groups in total. The molecule has 4 nitrogen and oxygen atoms in total. The minimum absolute atomic E-state index is 0.0349. The van der Waals surface area contributed by atoms with Crippen molar-refractivity contribution in [3.8, 4) is 0 Å². The van der Waals surface area contributed by atoms with Crippen molar-refractivity contribution in [2.24, 2.45) is 0 Å². The van der Waals surface area contributed by atoms with Gasteiger partial charge < -0.3 is 10.1 Å². The standard InChI is InChI=1S/C21H28N2O2S/c1-16(2)19-9-3-4-10-20(19)22-21(24)15-23(13-17-7-5-11-25-17)14-18-8-6-12-26-18/h3-4,6,8-10,12,16-17H,5,7,11,13-15H2,1-2H3,(H,22,24)/t17-/m1/s1. The zero-order valence-electron chi connectivity index (χ0n) is 15.6. The van der Waals surface area contributed by atoms with Crippen LogP contribution in [-0.2, 0) is 16.1 Å². The minimum atomic E-state index is 0.0349. The van der Waals surface area contributed by atoms with Crippen LogP contribution in [0.1, 0.15) is 43.0 Å². The lowest BCUT2D eigenvalue weighted by Gasteiger charge is -2.24. The molecule has 0 radical (unpaired) electrons. The maximum absolute atomic E-state index is 12.7. The van der Waals surface area contributed by atoms with Gasteiger partial charge >= 0.3 is 0 Å². The molecule has 1 atom stereocenters. The summed E-state index contributed by atoms with van der Waals surface area (Å²) in [4.78, 5) is 16.2. The van der Waals surface area contributed by atoms with Crippen LogP contribution in [0.15, 0.2) is 41.8 Å². The van der Waals surface area contributed by atoms with E-state index < -0.39 is 0 Å². The SMILES string of the molecule is CC(C)c1ccccc1NC(=O)CN(Cc1cccs1)C[C@H]1CCCO1. The molecule has 0 saturated carbocycles. The summed E-state index contributed by atoms with van der Waals surface area (Å²) in [5.41, 5.74) is 2.09. The molecular weight excluding hydrogens is 344 g/mol. The number of carbonyl (C=O) groups is 1. The Bertz CT molecular complexity index is 694. The summed E-state index contributed by atoms with van der Waals surface area (Å²) in [6.45, 7) is 7.10. The highest BCUT2D eigenvalue weighted by atomic mass is 32.1. The van der Waals surface area contributed by atoms with Crippen molar-refractivity contribution in [3.05, 3.63) is 52.2 Å². The minimum Gasteiger partial charge on any atom is -0.377 e. The molecule has 1 saturated heterocycles. The lowest BCUT2D eigenvalue weighted by Crippen LogP contribution is -2.37. The van der Waals surface area contributed by atoms with E-state index in [1.165, 1.54) is 10.4 Å². The van der Waals surface area contributed by atoms with Gasteiger partial charge in [-0.1, -0.05) is 38.1 Å². The van der Waals surface area contributed by atoms with Gasteiger partial charge in [0.15, 0.2) is 0 Å². The molecule has 2 heterocycles. The van der Waals surface area contributed by atoms with E-state index in [0.29, 0.717) is 12.5 Å².